The molecule has 3 aromatic rings. The van der Waals surface area contributed by atoms with Crippen molar-refractivity contribution >= 4 is 34.7 Å². The molecule has 26 heavy (non-hydrogen) atoms. The van der Waals surface area contributed by atoms with Gasteiger partial charge in [-0.1, -0.05) is 23.7 Å². The lowest BCUT2D eigenvalue weighted by molar-refractivity contribution is 0.102. The molecule has 2 aromatic carbocycles. The number of carbonyl (C=O) groups is 1. The van der Waals surface area contributed by atoms with Gasteiger partial charge in [0, 0.05) is 34.2 Å². The zero-order chi connectivity index (χ0) is 18.5. The Hall–Kier alpha value is -3.05. The molecule has 1 heterocycles. The number of methoxy groups -OCH3 is 1. The fourth-order valence-corrected chi connectivity index (χ4v) is 2.58. The summed E-state index contributed by atoms with van der Waals surface area (Å²) in [7, 11) is 1.61. The molecule has 3 rings (SSSR count). The fraction of sp³-hybridized carbons (Fsp3) is 0.100. The van der Waals surface area contributed by atoms with Crippen LogP contribution < -0.4 is 15.4 Å². The number of amides is 1. The highest BCUT2D eigenvalue weighted by Gasteiger charge is 2.10. The Bertz CT molecular complexity index is 944. The van der Waals surface area contributed by atoms with E-state index in [2.05, 4.69) is 15.6 Å². The van der Waals surface area contributed by atoms with Gasteiger partial charge < -0.3 is 15.4 Å². The van der Waals surface area contributed by atoms with Gasteiger partial charge in [-0.05, 0) is 48.9 Å². The van der Waals surface area contributed by atoms with E-state index in [1.54, 1.807) is 37.6 Å². The van der Waals surface area contributed by atoms with Crippen molar-refractivity contribution in [3.8, 4) is 5.75 Å². The molecule has 0 saturated heterocycles. The molecule has 0 fully saturated rings. The number of hydrogen-bond acceptors (Lipinski definition) is 4. The number of anilines is 3. The number of benzene rings is 2. The van der Waals surface area contributed by atoms with Crippen molar-refractivity contribution in [3.05, 3.63) is 76.9 Å². The first-order valence-corrected chi connectivity index (χ1v) is 8.37. The largest absolute Gasteiger partial charge is 0.497 e. The second-order valence-corrected chi connectivity index (χ2v) is 6.14. The quantitative estimate of drug-likeness (QED) is 0.662. The maximum atomic E-state index is 12.6. The Kier molecular flexibility index (Phi) is 5.39. The predicted octanol–water partition coefficient (Wildman–Crippen LogP) is 5.05. The van der Waals surface area contributed by atoms with Gasteiger partial charge in [-0.2, -0.15) is 0 Å². The molecule has 6 heteroatoms. The van der Waals surface area contributed by atoms with E-state index in [0.29, 0.717) is 22.1 Å². The fourth-order valence-electron chi connectivity index (χ4n) is 2.41. The average Bonchev–Trinajstić information content (AvgIpc) is 2.65. The Balaban J connectivity index is 1.77. The van der Waals surface area contributed by atoms with E-state index in [1.165, 1.54) is 0 Å². The van der Waals surface area contributed by atoms with Gasteiger partial charge in [-0.15, -0.1) is 0 Å². The van der Waals surface area contributed by atoms with Crippen molar-refractivity contribution in [2.45, 2.75) is 6.92 Å². The van der Waals surface area contributed by atoms with Crippen LogP contribution in [-0.2, 0) is 0 Å². The molecular weight excluding hydrogens is 350 g/mol. The SMILES string of the molecule is COc1cccc(Nc2cc(C(=O)Nc3cc(Cl)ccc3C)ccn2)c1. The van der Waals surface area contributed by atoms with E-state index < -0.39 is 0 Å². The summed E-state index contributed by atoms with van der Waals surface area (Å²) < 4.78 is 5.21. The van der Waals surface area contributed by atoms with Crippen LogP contribution in [-0.4, -0.2) is 18.0 Å². The number of aromatic nitrogens is 1. The highest BCUT2D eigenvalue weighted by atomic mass is 35.5. The summed E-state index contributed by atoms with van der Waals surface area (Å²) >= 11 is 6.00. The second-order valence-electron chi connectivity index (χ2n) is 5.70. The smallest absolute Gasteiger partial charge is 0.255 e. The Morgan fingerprint density at radius 2 is 1.96 bits per heavy atom. The summed E-state index contributed by atoms with van der Waals surface area (Å²) in [6, 6.07) is 16.2. The molecule has 0 aliphatic carbocycles. The lowest BCUT2D eigenvalue weighted by Gasteiger charge is -2.11. The zero-order valence-corrected chi connectivity index (χ0v) is 15.2. The van der Waals surface area contributed by atoms with Crippen molar-refractivity contribution in [1.82, 2.24) is 4.98 Å². The number of carbonyl (C=O) groups excluding carboxylic acids is 1. The molecule has 0 bridgehead atoms. The molecular formula is C20H18ClN3O2. The maximum Gasteiger partial charge on any atom is 0.255 e. The Morgan fingerprint density at radius 1 is 1.12 bits per heavy atom. The van der Waals surface area contributed by atoms with Gasteiger partial charge in [-0.25, -0.2) is 4.98 Å². The van der Waals surface area contributed by atoms with Crippen LogP contribution in [0.4, 0.5) is 17.2 Å². The Labute approximate surface area is 157 Å². The highest BCUT2D eigenvalue weighted by molar-refractivity contribution is 6.31. The summed E-state index contributed by atoms with van der Waals surface area (Å²) in [5.41, 5.74) is 2.93. The van der Waals surface area contributed by atoms with Crippen LogP contribution in [0.5, 0.6) is 5.75 Å². The standard InChI is InChI=1S/C20H18ClN3O2/c1-13-6-7-15(21)11-18(13)24-20(25)14-8-9-22-19(10-14)23-16-4-3-5-17(12-16)26-2/h3-12H,1-2H3,(H,22,23)(H,24,25). The van der Waals surface area contributed by atoms with E-state index in [-0.39, 0.29) is 5.91 Å². The Morgan fingerprint density at radius 3 is 2.77 bits per heavy atom. The minimum atomic E-state index is -0.230. The first kappa shape index (κ1) is 17.8. The van der Waals surface area contributed by atoms with Crippen LogP contribution >= 0.6 is 11.6 Å². The summed E-state index contributed by atoms with van der Waals surface area (Å²) in [5, 5.41) is 6.61. The summed E-state index contributed by atoms with van der Waals surface area (Å²) in [6.07, 6.45) is 1.59. The van der Waals surface area contributed by atoms with Crippen LogP contribution in [0, 0.1) is 6.92 Å². The third-order valence-corrected chi connectivity index (χ3v) is 4.05. The van der Waals surface area contributed by atoms with Gasteiger partial charge in [0.05, 0.1) is 7.11 Å². The zero-order valence-electron chi connectivity index (χ0n) is 14.4. The first-order valence-electron chi connectivity index (χ1n) is 8.00. The topological polar surface area (TPSA) is 63.2 Å². The maximum absolute atomic E-state index is 12.6. The molecule has 1 amide bonds. The van der Waals surface area contributed by atoms with E-state index in [1.807, 2.05) is 37.3 Å². The number of hydrogen-bond donors (Lipinski definition) is 2. The van der Waals surface area contributed by atoms with Gasteiger partial charge in [0.2, 0.25) is 0 Å². The van der Waals surface area contributed by atoms with Gasteiger partial charge in [-0.3, -0.25) is 4.79 Å². The van der Waals surface area contributed by atoms with E-state index in [0.717, 1.165) is 17.0 Å². The number of aryl methyl sites for hydroxylation is 1. The number of ether oxygens (including phenoxy) is 1. The number of nitrogens with one attached hydrogen (secondary N) is 2. The van der Waals surface area contributed by atoms with Crippen LogP contribution in [0.2, 0.25) is 5.02 Å². The molecule has 0 radical (unpaired) electrons. The summed E-state index contributed by atoms with van der Waals surface area (Å²) in [6.45, 7) is 1.91. The third-order valence-electron chi connectivity index (χ3n) is 3.81. The second kappa shape index (κ2) is 7.89. The minimum Gasteiger partial charge on any atom is -0.497 e. The van der Waals surface area contributed by atoms with Crippen LogP contribution in [0.1, 0.15) is 15.9 Å². The number of pyridine rings is 1. The molecule has 0 aliphatic heterocycles. The van der Waals surface area contributed by atoms with Crippen molar-refractivity contribution in [1.29, 1.82) is 0 Å². The van der Waals surface area contributed by atoms with Gasteiger partial charge in [0.25, 0.3) is 5.91 Å². The number of rotatable bonds is 5. The normalized spacial score (nSPS) is 10.3. The van der Waals surface area contributed by atoms with Crippen LogP contribution in [0.15, 0.2) is 60.8 Å². The number of halogens is 1. The average molecular weight is 368 g/mol. The van der Waals surface area contributed by atoms with Crippen LogP contribution in [0.25, 0.3) is 0 Å². The lowest BCUT2D eigenvalue weighted by atomic mass is 10.2. The van der Waals surface area contributed by atoms with E-state index >= 15 is 0 Å². The minimum absolute atomic E-state index is 0.230. The van der Waals surface area contributed by atoms with E-state index in [4.69, 9.17) is 16.3 Å². The van der Waals surface area contributed by atoms with Crippen molar-refractivity contribution < 1.29 is 9.53 Å². The molecule has 132 valence electrons. The van der Waals surface area contributed by atoms with Crippen molar-refractivity contribution in [2.75, 3.05) is 17.7 Å². The monoisotopic (exact) mass is 367 g/mol. The van der Waals surface area contributed by atoms with Crippen molar-refractivity contribution in [2.24, 2.45) is 0 Å². The molecule has 0 saturated carbocycles. The highest BCUT2D eigenvalue weighted by Crippen LogP contribution is 2.23. The first-order chi connectivity index (χ1) is 12.5. The van der Waals surface area contributed by atoms with Gasteiger partial charge in [0.1, 0.15) is 11.6 Å². The molecule has 1 aromatic heterocycles. The van der Waals surface area contributed by atoms with Crippen molar-refractivity contribution in [3.63, 3.8) is 0 Å². The van der Waals surface area contributed by atoms with Gasteiger partial charge >= 0.3 is 0 Å². The third kappa shape index (κ3) is 4.32. The molecule has 0 atom stereocenters. The number of nitrogens with zero attached hydrogens (tertiary/aromatic N) is 1. The summed E-state index contributed by atoms with van der Waals surface area (Å²) in [5.74, 6) is 1.07. The predicted molar refractivity (Wildman–Crippen MR) is 105 cm³/mol. The lowest BCUT2D eigenvalue weighted by Crippen LogP contribution is -2.13. The molecule has 0 spiro atoms. The van der Waals surface area contributed by atoms with E-state index in [9.17, 15) is 4.79 Å². The summed E-state index contributed by atoms with van der Waals surface area (Å²) in [4.78, 5) is 16.8. The molecule has 0 unspecified atom stereocenters. The van der Waals surface area contributed by atoms with Crippen LogP contribution in [0.3, 0.4) is 0 Å². The molecule has 0 aliphatic rings. The van der Waals surface area contributed by atoms with Gasteiger partial charge in [0.15, 0.2) is 0 Å². The molecule has 2 N–H and O–H groups in total. The molecule has 5 nitrogen and oxygen atoms in total.